The van der Waals surface area contributed by atoms with E-state index in [4.69, 9.17) is 0 Å². The van der Waals surface area contributed by atoms with Crippen molar-refractivity contribution in [3.8, 4) is 0 Å². The number of carbonyl (C=O) groups is 1. The molecule has 1 saturated heterocycles. The first kappa shape index (κ1) is 18.3. The third kappa shape index (κ3) is 4.01. The highest BCUT2D eigenvalue weighted by Gasteiger charge is 2.28. The fraction of sp³-hybridized carbons (Fsp3) is 0.556. The summed E-state index contributed by atoms with van der Waals surface area (Å²) in [5.41, 5.74) is -0.156. The lowest BCUT2D eigenvalue weighted by atomic mass is 9.97. The van der Waals surface area contributed by atoms with Crippen LogP contribution in [0.25, 0.3) is 0 Å². The molecule has 2 aromatic heterocycles. The third-order valence-electron chi connectivity index (χ3n) is 4.80. The van der Waals surface area contributed by atoms with E-state index in [1.165, 1.54) is 10.6 Å². The Morgan fingerprint density at radius 3 is 2.85 bits per heavy atom. The van der Waals surface area contributed by atoms with Gasteiger partial charge in [-0.2, -0.15) is 0 Å². The Morgan fingerprint density at radius 2 is 2.12 bits per heavy atom. The Hall–Kier alpha value is -2.48. The van der Waals surface area contributed by atoms with Gasteiger partial charge >= 0.3 is 0 Å². The zero-order valence-electron chi connectivity index (χ0n) is 15.6. The van der Waals surface area contributed by atoms with Crippen molar-refractivity contribution in [2.75, 3.05) is 27.2 Å². The van der Waals surface area contributed by atoms with Gasteiger partial charge in [0.05, 0.1) is 6.54 Å². The molecule has 0 spiro atoms. The maximum absolute atomic E-state index is 12.6. The Morgan fingerprint density at radius 1 is 1.31 bits per heavy atom. The van der Waals surface area contributed by atoms with Crippen LogP contribution >= 0.6 is 0 Å². The van der Waals surface area contributed by atoms with Crippen molar-refractivity contribution in [1.82, 2.24) is 29.1 Å². The zero-order valence-corrected chi connectivity index (χ0v) is 15.6. The van der Waals surface area contributed by atoms with Gasteiger partial charge in [0.15, 0.2) is 0 Å². The molecule has 3 rings (SSSR count). The lowest BCUT2D eigenvalue weighted by molar-refractivity contribution is -0.133. The van der Waals surface area contributed by atoms with Gasteiger partial charge in [0.25, 0.3) is 5.56 Å². The second-order valence-corrected chi connectivity index (χ2v) is 7.12. The topological polar surface area (TPSA) is 76.3 Å². The van der Waals surface area contributed by atoms with Gasteiger partial charge in [-0.1, -0.05) is 6.07 Å². The van der Waals surface area contributed by atoms with Gasteiger partial charge in [-0.25, -0.2) is 0 Å². The molecule has 0 radical (unpaired) electrons. The standard InChI is InChI=1S/C18H26N6O2/c1-21(2)12-15-19-20-18(22(15)3)14-7-6-10-23(11-14)17(26)13-24-9-5-4-8-16(24)25/h4-5,8-9,14H,6-7,10-13H2,1-3H3/t14-/m1/s1. The summed E-state index contributed by atoms with van der Waals surface area (Å²) in [6.45, 7) is 2.15. The van der Waals surface area contributed by atoms with Crippen LogP contribution in [-0.2, 0) is 24.9 Å². The van der Waals surface area contributed by atoms with Gasteiger partial charge in [-0.05, 0) is 33.0 Å². The number of amides is 1. The van der Waals surface area contributed by atoms with Crippen LogP contribution < -0.4 is 5.56 Å². The minimum absolute atomic E-state index is 0.0290. The fourth-order valence-electron chi connectivity index (χ4n) is 3.40. The monoisotopic (exact) mass is 358 g/mol. The minimum atomic E-state index is -0.156. The second-order valence-electron chi connectivity index (χ2n) is 7.12. The molecule has 1 atom stereocenters. The van der Waals surface area contributed by atoms with Crippen molar-refractivity contribution in [3.63, 3.8) is 0 Å². The van der Waals surface area contributed by atoms with Gasteiger partial charge < -0.3 is 18.9 Å². The number of likely N-dealkylation sites (tertiary alicyclic amines) is 1. The van der Waals surface area contributed by atoms with E-state index in [-0.39, 0.29) is 23.9 Å². The molecule has 0 aliphatic carbocycles. The SMILES string of the molecule is CN(C)Cc1nnc([C@@H]2CCCN(C(=O)Cn3ccccc3=O)C2)n1C. The van der Waals surface area contributed by atoms with Crippen LogP contribution in [0.15, 0.2) is 29.2 Å². The summed E-state index contributed by atoms with van der Waals surface area (Å²) in [4.78, 5) is 28.4. The van der Waals surface area contributed by atoms with Crippen molar-refractivity contribution in [2.24, 2.45) is 7.05 Å². The van der Waals surface area contributed by atoms with Crippen LogP contribution in [0.4, 0.5) is 0 Å². The van der Waals surface area contributed by atoms with Crippen LogP contribution in [0.2, 0.25) is 0 Å². The van der Waals surface area contributed by atoms with Crippen molar-refractivity contribution >= 4 is 5.91 Å². The normalized spacial score (nSPS) is 17.7. The summed E-state index contributed by atoms with van der Waals surface area (Å²) >= 11 is 0. The van der Waals surface area contributed by atoms with E-state index in [0.717, 1.165) is 37.6 Å². The molecule has 1 fully saturated rings. The number of rotatable bonds is 5. The average molecular weight is 358 g/mol. The molecule has 0 saturated carbocycles. The third-order valence-corrected chi connectivity index (χ3v) is 4.80. The quantitative estimate of drug-likeness (QED) is 0.775. The molecule has 0 bridgehead atoms. The molecule has 2 aromatic rings. The highest BCUT2D eigenvalue weighted by molar-refractivity contribution is 5.76. The summed E-state index contributed by atoms with van der Waals surface area (Å²) < 4.78 is 3.49. The van der Waals surface area contributed by atoms with Crippen LogP contribution in [0.1, 0.15) is 30.4 Å². The van der Waals surface area contributed by atoms with Gasteiger partial charge in [-0.15, -0.1) is 10.2 Å². The summed E-state index contributed by atoms with van der Waals surface area (Å²) in [6, 6.07) is 4.91. The van der Waals surface area contributed by atoms with E-state index in [2.05, 4.69) is 15.1 Å². The molecule has 0 unspecified atom stereocenters. The van der Waals surface area contributed by atoms with Gasteiger partial charge in [0, 0.05) is 38.3 Å². The van der Waals surface area contributed by atoms with Gasteiger partial charge in [0.1, 0.15) is 18.2 Å². The highest BCUT2D eigenvalue weighted by Crippen LogP contribution is 2.26. The number of carbonyl (C=O) groups excluding carboxylic acids is 1. The number of hydrogen-bond acceptors (Lipinski definition) is 5. The van der Waals surface area contributed by atoms with E-state index in [1.54, 1.807) is 18.3 Å². The molecule has 8 heteroatoms. The fourth-order valence-corrected chi connectivity index (χ4v) is 3.40. The maximum Gasteiger partial charge on any atom is 0.250 e. The molecule has 1 aliphatic heterocycles. The molecule has 140 valence electrons. The smallest absolute Gasteiger partial charge is 0.250 e. The number of nitrogens with zero attached hydrogens (tertiary/aromatic N) is 6. The summed E-state index contributed by atoms with van der Waals surface area (Å²) in [5.74, 6) is 1.99. The van der Waals surface area contributed by atoms with Gasteiger partial charge in [0.2, 0.25) is 5.91 Å². The first-order chi connectivity index (χ1) is 12.5. The Labute approximate surface area is 153 Å². The van der Waals surface area contributed by atoms with E-state index in [0.29, 0.717) is 6.54 Å². The molecule has 26 heavy (non-hydrogen) atoms. The molecule has 1 aliphatic rings. The lowest BCUT2D eigenvalue weighted by Crippen LogP contribution is -2.42. The molecule has 3 heterocycles. The predicted molar refractivity (Wildman–Crippen MR) is 97.7 cm³/mol. The van der Waals surface area contributed by atoms with E-state index >= 15 is 0 Å². The first-order valence-corrected chi connectivity index (χ1v) is 8.92. The second kappa shape index (κ2) is 7.82. The number of hydrogen-bond donors (Lipinski definition) is 0. The van der Waals surface area contributed by atoms with Crippen LogP contribution in [0.3, 0.4) is 0 Å². The van der Waals surface area contributed by atoms with E-state index in [1.807, 2.05) is 30.6 Å². The van der Waals surface area contributed by atoms with Crippen molar-refractivity contribution < 1.29 is 4.79 Å². The first-order valence-electron chi connectivity index (χ1n) is 8.92. The summed E-state index contributed by atoms with van der Waals surface area (Å²) in [5, 5.41) is 8.68. The van der Waals surface area contributed by atoms with Crippen molar-refractivity contribution in [1.29, 1.82) is 0 Å². The van der Waals surface area contributed by atoms with E-state index < -0.39 is 0 Å². The number of pyridine rings is 1. The predicted octanol–water partition coefficient (Wildman–Crippen LogP) is 0.445. The minimum Gasteiger partial charge on any atom is -0.340 e. The average Bonchev–Trinajstić information content (AvgIpc) is 2.97. The molecule has 8 nitrogen and oxygen atoms in total. The maximum atomic E-state index is 12.6. The molecular weight excluding hydrogens is 332 g/mol. The summed E-state index contributed by atoms with van der Waals surface area (Å²) in [6.07, 6.45) is 3.57. The van der Waals surface area contributed by atoms with Crippen LogP contribution in [0, 0.1) is 0 Å². The Bertz CT molecular complexity index is 825. The van der Waals surface area contributed by atoms with Crippen LogP contribution in [-0.4, -0.2) is 62.2 Å². The molecule has 0 aromatic carbocycles. The zero-order chi connectivity index (χ0) is 18.7. The largest absolute Gasteiger partial charge is 0.340 e. The molecular formula is C18H26N6O2. The highest BCUT2D eigenvalue weighted by atomic mass is 16.2. The Balaban J connectivity index is 1.69. The van der Waals surface area contributed by atoms with Crippen LogP contribution in [0.5, 0.6) is 0 Å². The number of piperidine rings is 1. The van der Waals surface area contributed by atoms with Gasteiger partial charge in [-0.3, -0.25) is 9.59 Å². The summed E-state index contributed by atoms with van der Waals surface area (Å²) in [7, 11) is 5.99. The number of aromatic nitrogens is 4. The molecule has 1 amide bonds. The van der Waals surface area contributed by atoms with E-state index in [9.17, 15) is 9.59 Å². The van der Waals surface area contributed by atoms with Crippen molar-refractivity contribution in [2.45, 2.75) is 31.8 Å². The lowest BCUT2D eigenvalue weighted by Gasteiger charge is -2.32. The molecule has 0 N–H and O–H groups in total. The Kier molecular flexibility index (Phi) is 5.51. The van der Waals surface area contributed by atoms with Crippen molar-refractivity contribution in [3.05, 3.63) is 46.4 Å².